The summed E-state index contributed by atoms with van der Waals surface area (Å²) in [5, 5.41) is 2.89. The number of nitrogens with zero attached hydrogens (tertiary/aromatic N) is 1. The lowest BCUT2D eigenvalue weighted by atomic mass is 10.0. The summed E-state index contributed by atoms with van der Waals surface area (Å²) in [6.07, 6.45) is 0. The van der Waals surface area contributed by atoms with E-state index >= 15 is 0 Å². The van der Waals surface area contributed by atoms with Gasteiger partial charge in [-0.2, -0.15) is 0 Å². The molecule has 0 aliphatic carbocycles. The normalized spacial score (nSPS) is 13.8. The molecule has 0 spiro atoms. The maximum absolute atomic E-state index is 12.7. The molecule has 29 heavy (non-hydrogen) atoms. The van der Waals surface area contributed by atoms with Gasteiger partial charge in [0, 0.05) is 6.07 Å². The first-order chi connectivity index (χ1) is 13.7. The van der Waals surface area contributed by atoms with E-state index in [1.807, 2.05) is 39.0 Å². The number of benzene rings is 2. The van der Waals surface area contributed by atoms with Crippen molar-refractivity contribution in [1.29, 1.82) is 0 Å². The van der Waals surface area contributed by atoms with Crippen LogP contribution in [0.3, 0.4) is 0 Å². The zero-order chi connectivity index (χ0) is 21.2. The molecular weight excluding hydrogens is 392 g/mol. The Balaban J connectivity index is 1.79. The van der Waals surface area contributed by atoms with Gasteiger partial charge < -0.3 is 14.8 Å². The van der Waals surface area contributed by atoms with Crippen molar-refractivity contribution in [2.24, 2.45) is 0 Å². The number of amides is 1. The van der Waals surface area contributed by atoms with Crippen LogP contribution in [0.5, 0.6) is 11.5 Å². The molecule has 1 N–H and O–H groups in total. The van der Waals surface area contributed by atoms with Gasteiger partial charge in [0.05, 0.1) is 17.5 Å². The summed E-state index contributed by atoms with van der Waals surface area (Å²) >= 11 is 0. The summed E-state index contributed by atoms with van der Waals surface area (Å²) in [5.41, 5.74) is 3.65. The van der Waals surface area contributed by atoms with Crippen molar-refractivity contribution in [1.82, 2.24) is 5.32 Å². The van der Waals surface area contributed by atoms with E-state index < -0.39 is 10.0 Å². The van der Waals surface area contributed by atoms with Gasteiger partial charge in [-0.1, -0.05) is 18.2 Å². The van der Waals surface area contributed by atoms with Gasteiger partial charge in [-0.05, 0) is 56.5 Å². The van der Waals surface area contributed by atoms with Crippen LogP contribution in [0.25, 0.3) is 0 Å². The molecule has 0 bridgehead atoms. The van der Waals surface area contributed by atoms with Gasteiger partial charge in [0.15, 0.2) is 11.5 Å². The van der Waals surface area contributed by atoms with Crippen molar-refractivity contribution < 1.29 is 22.7 Å². The van der Waals surface area contributed by atoms with Gasteiger partial charge in [0.2, 0.25) is 22.7 Å². The van der Waals surface area contributed by atoms with Crippen molar-refractivity contribution in [3.8, 4) is 11.5 Å². The fraction of sp³-hybridized carbons (Fsp3) is 0.381. The Morgan fingerprint density at radius 3 is 2.52 bits per heavy atom. The third-order valence-corrected chi connectivity index (χ3v) is 6.78. The maximum Gasteiger partial charge on any atom is 0.241 e. The molecule has 1 atom stereocenters. The average Bonchev–Trinajstić information content (AvgIpc) is 3.15. The van der Waals surface area contributed by atoms with E-state index in [2.05, 4.69) is 5.32 Å². The van der Waals surface area contributed by atoms with E-state index in [1.54, 1.807) is 25.1 Å². The molecule has 2 aromatic carbocycles. The number of sulfonamides is 1. The second-order valence-electron chi connectivity index (χ2n) is 7.08. The minimum Gasteiger partial charge on any atom is -0.454 e. The molecule has 0 saturated carbocycles. The predicted molar refractivity (Wildman–Crippen MR) is 112 cm³/mol. The van der Waals surface area contributed by atoms with E-state index in [0.717, 1.165) is 15.4 Å². The number of anilines is 1. The molecule has 0 radical (unpaired) electrons. The number of aryl methyl sites for hydroxylation is 2. The third kappa shape index (κ3) is 4.64. The second kappa shape index (κ2) is 8.32. The lowest BCUT2D eigenvalue weighted by molar-refractivity contribution is -0.120. The summed E-state index contributed by atoms with van der Waals surface area (Å²) in [4.78, 5) is 12.7. The monoisotopic (exact) mass is 418 g/mol. The zero-order valence-electron chi connectivity index (χ0n) is 17.1. The highest BCUT2D eigenvalue weighted by molar-refractivity contribution is 7.92. The van der Waals surface area contributed by atoms with Gasteiger partial charge in [-0.3, -0.25) is 9.10 Å². The van der Waals surface area contributed by atoms with E-state index in [4.69, 9.17) is 9.47 Å². The van der Waals surface area contributed by atoms with Crippen molar-refractivity contribution >= 4 is 21.6 Å². The summed E-state index contributed by atoms with van der Waals surface area (Å²) in [5.74, 6) is 0.505. The van der Waals surface area contributed by atoms with Crippen molar-refractivity contribution in [3.05, 3.63) is 53.1 Å². The smallest absolute Gasteiger partial charge is 0.241 e. The Morgan fingerprint density at radius 1 is 1.10 bits per heavy atom. The van der Waals surface area contributed by atoms with Gasteiger partial charge in [-0.25, -0.2) is 8.42 Å². The SMILES string of the molecule is CCS(=O)(=O)N(CC(=O)N[C@@H](C)c1ccc(C)c(C)c1)c1ccc2c(c1)OCO2. The third-order valence-electron chi connectivity index (χ3n) is 5.04. The first-order valence-corrected chi connectivity index (χ1v) is 11.1. The van der Waals surface area contributed by atoms with E-state index in [0.29, 0.717) is 17.2 Å². The molecule has 1 heterocycles. The van der Waals surface area contributed by atoms with Crippen LogP contribution in [-0.4, -0.2) is 33.4 Å². The molecule has 8 heteroatoms. The highest BCUT2D eigenvalue weighted by Gasteiger charge is 2.26. The lowest BCUT2D eigenvalue weighted by Gasteiger charge is -2.24. The fourth-order valence-corrected chi connectivity index (χ4v) is 4.14. The Bertz CT molecular complexity index is 1020. The molecule has 0 aromatic heterocycles. The summed E-state index contributed by atoms with van der Waals surface area (Å²) in [6.45, 7) is 7.24. The fourth-order valence-electron chi connectivity index (χ4n) is 3.08. The Hall–Kier alpha value is -2.74. The van der Waals surface area contributed by atoms with Gasteiger partial charge in [0.1, 0.15) is 6.54 Å². The highest BCUT2D eigenvalue weighted by Crippen LogP contribution is 2.36. The summed E-state index contributed by atoms with van der Waals surface area (Å²) in [6, 6.07) is 10.6. The van der Waals surface area contributed by atoms with Gasteiger partial charge >= 0.3 is 0 Å². The molecule has 0 fully saturated rings. The Labute approximate surface area is 171 Å². The van der Waals surface area contributed by atoms with E-state index in [9.17, 15) is 13.2 Å². The molecule has 1 aliphatic rings. The first-order valence-electron chi connectivity index (χ1n) is 9.48. The van der Waals surface area contributed by atoms with E-state index in [-0.39, 0.29) is 31.0 Å². The number of carbonyl (C=O) groups excluding carboxylic acids is 1. The number of hydrogen-bond acceptors (Lipinski definition) is 5. The second-order valence-corrected chi connectivity index (χ2v) is 9.26. The lowest BCUT2D eigenvalue weighted by Crippen LogP contribution is -2.42. The summed E-state index contributed by atoms with van der Waals surface area (Å²) in [7, 11) is -3.66. The van der Waals surface area contributed by atoms with Crippen molar-refractivity contribution in [2.45, 2.75) is 33.7 Å². The quantitative estimate of drug-likeness (QED) is 0.747. The number of rotatable bonds is 7. The maximum atomic E-state index is 12.7. The number of ether oxygens (including phenoxy) is 2. The molecule has 7 nitrogen and oxygen atoms in total. The average molecular weight is 419 g/mol. The largest absolute Gasteiger partial charge is 0.454 e. The summed E-state index contributed by atoms with van der Waals surface area (Å²) < 4.78 is 37.0. The van der Waals surface area contributed by atoms with Crippen molar-refractivity contribution in [3.63, 3.8) is 0 Å². The van der Waals surface area contributed by atoms with Crippen LogP contribution in [0, 0.1) is 13.8 Å². The Morgan fingerprint density at radius 2 is 1.83 bits per heavy atom. The minimum absolute atomic E-state index is 0.0906. The molecule has 1 amide bonds. The Kier molecular flexibility index (Phi) is 6.02. The van der Waals surface area contributed by atoms with Crippen LogP contribution in [0.2, 0.25) is 0 Å². The zero-order valence-corrected chi connectivity index (χ0v) is 17.9. The van der Waals surface area contributed by atoms with Crippen LogP contribution >= 0.6 is 0 Å². The molecule has 0 unspecified atom stereocenters. The number of fused-ring (bicyclic) bond motifs is 1. The van der Waals surface area contributed by atoms with Gasteiger partial charge in [-0.15, -0.1) is 0 Å². The molecule has 156 valence electrons. The van der Waals surface area contributed by atoms with E-state index in [1.165, 1.54) is 5.56 Å². The predicted octanol–water partition coefficient (Wildman–Crippen LogP) is 3.07. The molecule has 0 saturated heterocycles. The standard InChI is InChI=1S/C21H26N2O5S/c1-5-29(25,26)23(18-8-9-19-20(11-18)28-13-27-19)12-21(24)22-16(4)17-7-6-14(2)15(3)10-17/h6-11,16H,5,12-13H2,1-4H3,(H,22,24)/t16-/m0/s1. The molecule has 1 aliphatic heterocycles. The molecule has 2 aromatic rings. The van der Waals surface area contributed by atoms with Crippen LogP contribution in [0.4, 0.5) is 5.69 Å². The molecular formula is C21H26N2O5S. The molecule has 3 rings (SSSR count). The van der Waals surface area contributed by atoms with Crippen molar-refractivity contribution in [2.75, 3.05) is 23.4 Å². The minimum atomic E-state index is -3.66. The topological polar surface area (TPSA) is 84.9 Å². The first kappa shape index (κ1) is 21.0. The van der Waals surface area contributed by atoms with Crippen LogP contribution in [-0.2, 0) is 14.8 Å². The van der Waals surface area contributed by atoms with Crippen LogP contribution < -0.4 is 19.1 Å². The van der Waals surface area contributed by atoms with Crippen LogP contribution in [0.1, 0.15) is 36.6 Å². The highest BCUT2D eigenvalue weighted by atomic mass is 32.2. The number of carbonyl (C=O) groups is 1. The number of hydrogen-bond donors (Lipinski definition) is 1. The number of nitrogens with one attached hydrogen (secondary N) is 1. The van der Waals surface area contributed by atoms with Crippen LogP contribution in [0.15, 0.2) is 36.4 Å². The van der Waals surface area contributed by atoms with Gasteiger partial charge in [0.25, 0.3) is 0 Å².